The summed E-state index contributed by atoms with van der Waals surface area (Å²) in [6.07, 6.45) is 10.3. The predicted octanol–water partition coefficient (Wildman–Crippen LogP) is 6.41. The molecule has 176 valence electrons. The van der Waals surface area contributed by atoms with Gasteiger partial charge in [-0.05, 0) is 36.8 Å². The van der Waals surface area contributed by atoms with Gasteiger partial charge in [0.25, 0.3) is 11.5 Å². The minimum absolute atomic E-state index is 0.128. The van der Waals surface area contributed by atoms with E-state index < -0.39 is 0 Å². The molecule has 0 N–H and O–H groups in total. The normalized spacial score (nSPS) is 15.1. The highest BCUT2D eigenvalue weighted by molar-refractivity contribution is 8.26. The van der Waals surface area contributed by atoms with Crippen LogP contribution in [0.15, 0.2) is 74.3 Å². The van der Waals surface area contributed by atoms with Crippen molar-refractivity contribution in [1.82, 2.24) is 14.3 Å². The Morgan fingerprint density at radius 1 is 1.00 bits per heavy atom. The van der Waals surface area contributed by atoms with E-state index in [1.807, 2.05) is 36.4 Å². The minimum Gasteiger partial charge on any atom is -0.293 e. The lowest BCUT2D eigenvalue weighted by Gasteiger charge is -2.14. The number of fused-ring (bicyclic) bond motifs is 1. The fourth-order valence-electron chi connectivity index (χ4n) is 3.76. The molecule has 0 aliphatic carbocycles. The average Bonchev–Trinajstić information content (AvgIpc) is 3.11. The van der Waals surface area contributed by atoms with Gasteiger partial charge in [0.1, 0.15) is 15.0 Å². The summed E-state index contributed by atoms with van der Waals surface area (Å²) in [5.74, 6) is -0.128. The van der Waals surface area contributed by atoms with Gasteiger partial charge in [-0.1, -0.05) is 99.0 Å². The van der Waals surface area contributed by atoms with Crippen LogP contribution in [0.5, 0.6) is 0 Å². The number of unbranched alkanes of at least 4 members (excludes halogenated alkanes) is 5. The molecule has 0 unspecified atom stereocenters. The molecule has 1 aliphatic rings. The summed E-state index contributed by atoms with van der Waals surface area (Å²) < 4.78 is 2.06. The third kappa shape index (κ3) is 5.79. The highest BCUT2D eigenvalue weighted by atomic mass is 32.2. The van der Waals surface area contributed by atoms with Crippen molar-refractivity contribution in [2.75, 3.05) is 6.54 Å². The molecule has 0 saturated carbocycles. The van der Waals surface area contributed by atoms with E-state index in [9.17, 15) is 9.59 Å². The van der Waals surface area contributed by atoms with Crippen molar-refractivity contribution in [3.05, 3.63) is 75.6 Å². The van der Waals surface area contributed by atoms with Crippen LogP contribution in [-0.4, -0.2) is 31.1 Å². The van der Waals surface area contributed by atoms with Gasteiger partial charge in [-0.15, -0.1) is 0 Å². The number of benzene rings is 1. The van der Waals surface area contributed by atoms with E-state index in [4.69, 9.17) is 17.2 Å². The van der Waals surface area contributed by atoms with E-state index in [-0.39, 0.29) is 11.5 Å². The molecular formula is C26H27N3O2S3. The lowest BCUT2D eigenvalue weighted by molar-refractivity contribution is -0.122. The number of hydrogen-bond donors (Lipinski definition) is 0. The van der Waals surface area contributed by atoms with Crippen LogP contribution < -0.4 is 5.56 Å². The maximum Gasteiger partial charge on any atom is 0.266 e. The van der Waals surface area contributed by atoms with E-state index in [0.29, 0.717) is 32.0 Å². The Bertz CT molecular complexity index is 1270. The largest absolute Gasteiger partial charge is 0.293 e. The zero-order valence-corrected chi connectivity index (χ0v) is 21.6. The summed E-state index contributed by atoms with van der Waals surface area (Å²) in [6.45, 7) is 2.82. The maximum absolute atomic E-state index is 13.4. The lowest BCUT2D eigenvalue weighted by Crippen LogP contribution is -2.29. The molecule has 0 bridgehead atoms. The summed E-state index contributed by atoms with van der Waals surface area (Å²) in [5.41, 5.74) is 0.765. The maximum atomic E-state index is 13.4. The van der Waals surface area contributed by atoms with Crippen molar-refractivity contribution < 1.29 is 4.79 Å². The van der Waals surface area contributed by atoms with Gasteiger partial charge in [0.05, 0.1) is 10.5 Å². The molecule has 1 aromatic carbocycles. The lowest BCUT2D eigenvalue weighted by atomic mass is 10.1. The van der Waals surface area contributed by atoms with Crippen LogP contribution in [0.25, 0.3) is 11.7 Å². The number of thioether (sulfide) groups is 1. The van der Waals surface area contributed by atoms with Gasteiger partial charge < -0.3 is 0 Å². The Morgan fingerprint density at radius 2 is 1.74 bits per heavy atom. The van der Waals surface area contributed by atoms with Crippen LogP contribution in [0.3, 0.4) is 0 Å². The fourth-order valence-corrected chi connectivity index (χ4v) is 5.96. The van der Waals surface area contributed by atoms with Crippen molar-refractivity contribution in [3.63, 3.8) is 0 Å². The molecule has 0 radical (unpaired) electrons. The standard InChI is InChI=1S/C26H27N3O2S3/c1-2-3-4-5-6-11-17-29-25(31)21(34-26(29)32)18-20-23(33-19-13-8-7-9-14-19)27-22-15-10-12-16-28(22)24(20)30/h7-10,12-16,18H,2-6,11,17H2,1H3/b21-18-. The molecular weight excluding hydrogens is 483 g/mol. The Morgan fingerprint density at radius 3 is 2.53 bits per heavy atom. The van der Waals surface area contributed by atoms with Crippen molar-refractivity contribution in [1.29, 1.82) is 0 Å². The van der Waals surface area contributed by atoms with Gasteiger partial charge >= 0.3 is 0 Å². The molecule has 0 atom stereocenters. The second-order valence-corrected chi connectivity index (χ2v) is 10.8. The number of carbonyl (C=O) groups is 1. The molecule has 1 saturated heterocycles. The van der Waals surface area contributed by atoms with Crippen LogP contribution in [0, 0.1) is 0 Å². The second kappa shape index (κ2) is 11.8. The first-order chi connectivity index (χ1) is 16.6. The van der Waals surface area contributed by atoms with Crippen molar-refractivity contribution in [3.8, 4) is 0 Å². The van der Waals surface area contributed by atoms with Gasteiger partial charge in [0.15, 0.2) is 0 Å². The highest BCUT2D eigenvalue weighted by Gasteiger charge is 2.32. The Labute approximate surface area is 213 Å². The number of rotatable bonds is 10. The topological polar surface area (TPSA) is 54.7 Å². The third-order valence-electron chi connectivity index (χ3n) is 5.58. The zero-order valence-electron chi connectivity index (χ0n) is 19.1. The molecule has 1 amide bonds. The van der Waals surface area contributed by atoms with E-state index in [1.165, 1.54) is 53.6 Å². The fraction of sp³-hybridized carbons (Fsp3) is 0.308. The molecule has 1 aliphatic heterocycles. The highest BCUT2D eigenvalue weighted by Crippen LogP contribution is 2.35. The summed E-state index contributed by atoms with van der Waals surface area (Å²) in [5, 5.41) is 0.573. The van der Waals surface area contributed by atoms with Crippen LogP contribution >= 0.6 is 35.7 Å². The molecule has 0 spiro atoms. The molecule has 3 aromatic rings. The second-order valence-electron chi connectivity index (χ2n) is 8.08. The minimum atomic E-state index is -0.203. The van der Waals surface area contributed by atoms with E-state index in [0.717, 1.165) is 17.7 Å². The van der Waals surface area contributed by atoms with Crippen molar-refractivity contribution >= 4 is 57.7 Å². The van der Waals surface area contributed by atoms with E-state index in [1.54, 1.807) is 29.3 Å². The Kier molecular flexibility index (Phi) is 8.59. The number of nitrogens with zero attached hydrogens (tertiary/aromatic N) is 3. The smallest absolute Gasteiger partial charge is 0.266 e. The number of thiocarbonyl (C=S) groups is 1. The number of amides is 1. The number of hydrogen-bond acceptors (Lipinski definition) is 6. The van der Waals surface area contributed by atoms with Crippen molar-refractivity contribution in [2.24, 2.45) is 0 Å². The number of carbonyl (C=O) groups excluding carboxylic acids is 1. The van der Waals surface area contributed by atoms with Gasteiger partial charge in [-0.25, -0.2) is 4.98 Å². The summed E-state index contributed by atoms with van der Waals surface area (Å²) in [7, 11) is 0. The van der Waals surface area contributed by atoms with Crippen LogP contribution in [-0.2, 0) is 4.79 Å². The van der Waals surface area contributed by atoms with Gasteiger partial charge in [0.2, 0.25) is 0 Å². The molecule has 1 fully saturated rings. The van der Waals surface area contributed by atoms with Crippen LogP contribution in [0.4, 0.5) is 0 Å². The molecule has 8 heteroatoms. The van der Waals surface area contributed by atoms with Gasteiger partial charge in [-0.3, -0.25) is 18.9 Å². The van der Waals surface area contributed by atoms with E-state index >= 15 is 0 Å². The quantitative estimate of drug-likeness (QED) is 0.136. The molecule has 2 aromatic heterocycles. The average molecular weight is 510 g/mol. The summed E-state index contributed by atoms with van der Waals surface area (Å²) in [4.78, 5) is 34.4. The predicted molar refractivity (Wildman–Crippen MR) is 145 cm³/mol. The van der Waals surface area contributed by atoms with Crippen LogP contribution in [0.1, 0.15) is 51.0 Å². The summed E-state index contributed by atoms with van der Waals surface area (Å²) >= 11 is 8.18. The Balaban J connectivity index is 1.61. The molecule has 3 heterocycles. The zero-order chi connectivity index (χ0) is 23.9. The number of pyridine rings is 1. The Hall–Kier alpha value is -2.42. The molecule has 5 nitrogen and oxygen atoms in total. The van der Waals surface area contributed by atoms with E-state index in [2.05, 4.69) is 6.92 Å². The monoisotopic (exact) mass is 509 g/mol. The SMILES string of the molecule is CCCCCCCCN1C(=O)/C(=C/c2c(Sc3ccccc3)nc3ccccn3c2=O)SC1=S. The third-order valence-corrected chi connectivity index (χ3v) is 7.97. The van der Waals surface area contributed by atoms with Crippen LogP contribution in [0.2, 0.25) is 0 Å². The molecule has 4 rings (SSSR count). The first kappa shape index (κ1) is 24.7. The van der Waals surface area contributed by atoms with Gasteiger partial charge in [0, 0.05) is 17.6 Å². The number of aromatic nitrogens is 2. The molecule has 34 heavy (non-hydrogen) atoms. The van der Waals surface area contributed by atoms with Crippen molar-refractivity contribution in [2.45, 2.75) is 55.4 Å². The summed E-state index contributed by atoms with van der Waals surface area (Å²) in [6, 6.07) is 15.2. The first-order valence-corrected chi connectivity index (χ1v) is 13.6. The van der Waals surface area contributed by atoms with Gasteiger partial charge in [-0.2, -0.15) is 0 Å². The first-order valence-electron chi connectivity index (χ1n) is 11.6.